The zero-order chi connectivity index (χ0) is 15.4. The first kappa shape index (κ1) is 15.0. The van der Waals surface area contributed by atoms with E-state index in [2.05, 4.69) is 31.6 Å². The number of phenols is 1. The summed E-state index contributed by atoms with van der Waals surface area (Å²) in [5, 5.41) is 17.5. The van der Waals surface area contributed by atoms with Crippen molar-refractivity contribution < 1.29 is 14.6 Å². The van der Waals surface area contributed by atoms with E-state index in [-0.39, 0.29) is 11.7 Å². The fourth-order valence-electron chi connectivity index (χ4n) is 1.70. The van der Waals surface area contributed by atoms with Crippen molar-refractivity contribution in [1.82, 2.24) is 15.2 Å². The Balaban J connectivity index is 2.09. The highest BCUT2D eigenvalue weighted by Gasteiger charge is 2.09. The average Bonchev–Trinajstić information content (AvgIpc) is 2.84. The van der Waals surface area contributed by atoms with Gasteiger partial charge in [-0.15, -0.1) is 0 Å². The zero-order valence-electron chi connectivity index (χ0n) is 11.4. The fourth-order valence-corrected chi connectivity index (χ4v) is 2.32. The molecule has 1 aromatic carbocycles. The third kappa shape index (κ3) is 3.40. The Hall–Kier alpha value is -2.35. The summed E-state index contributed by atoms with van der Waals surface area (Å²) in [6.45, 7) is 0. The first-order chi connectivity index (χ1) is 10.0. The van der Waals surface area contributed by atoms with E-state index in [9.17, 15) is 9.90 Å². The highest BCUT2D eigenvalue weighted by atomic mass is 79.9. The van der Waals surface area contributed by atoms with Gasteiger partial charge in [-0.25, -0.2) is 5.43 Å². The largest absolute Gasteiger partial charge is 0.504 e. The number of rotatable bonds is 4. The lowest BCUT2D eigenvalue weighted by Gasteiger charge is -2.06. The van der Waals surface area contributed by atoms with E-state index in [1.165, 1.54) is 30.3 Å². The summed E-state index contributed by atoms with van der Waals surface area (Å²) >= 11 is 3.27. The van der Waals surface area contributed by atoms with Crippen molar-refractivity contribution in [3.63, 3.8) is 0 Å². The monoisotopic (exact) mass is 352 g/mol. The molecule has 7 nitrogen and oxygen atoms in total. The van der Waals surface area contributed by atoms with Gasteiger partial charge in [0.15, 0.2) is 11.5 Å². The first-order valence-corrected chi connectivity index (χ1v) is 6.70. The van der Waals surface area contributed by atoms with Crippen molar-refractivity contribution in [2.45, 2.75) is 0 Å². The van der Waals surface area contributed by atoms with Crippen molar-refractivity contribution in [3.8, 4) is 11.5 Å². The van der Waals surface area contributed by atoms with E-state index < -0.39 is 0 Å². The summed E-state index contributed by atoms with van der Waals surface area (Å²) in [6, 6.07) is 4.77. The number of aromatic nitrogens is 2. The molecule has 0 atom stereocenters. The predicted octanol–water partition coefficient (Wildman–Crippen LogP) is 1.66. The quantitative estimate of drug-likeness (QED) is 0.646. The number of aromatic hydroxyl groups is 1. The summed E-state index contributed by atoms with van der Waals surface area (Å²) in [6.07, 6.45) is 2.94. The molecule has 8 heteroatoms. The number of carbonyl (C=O) groups is 1. The minimum absolute atomic E-state index is 0.0220. The number of phenolic OH excluding ortho intramolecular Hbond substituents is 1. The van der Waals surface area contributed by atoms with Crippen LogP contribution in [0.2, 0.25) is 0 Å². The van der Waals surface area contributed by atoms with Crippen LogP contribution in [0.25, 0.3) is 0 Å². The van der Waals surface area contributed by atoms with Crippen molar-refractivity contribution in [2.24, 2.45) is 12.1 Å². The maximum absolute atomic E-state index is 11.8. The number of halogens is 1. The van der Waals surface area contributed by atoms with Crippen LogP contribution in [0.15, 0.2) is 34.0 Å². The Bertz CT molecular complexity index is 673. The van der Waals surface area contributed by atoms with E-state index in [1.807, 2.05) is 0 Å². The molecular formula is C13H13BrN4O3. The van der Waals surface area contributed by atoms with Gasteiger partial charge in [0.05, 0.1) is 17.8 Å². The van der Waals surface area contributed by atoms with Crippen LogP contribution >= 0.6 is 15.9 Å². The number of hydrogen-bond acceptors (Lipinski definition) is 5. The van der Waals surface area contributed by atoms with Crippen LogP contribution in [0.4, 0.5) is 0 Å². The molecule has 0 radical (unpaired) electrons. The lowest BCUT2D eigenvalue weighted by molar-refractivity contribution is 0.0945. The highest BCUT2D eigenvalue weighted by Crippen LogP contribution is 2.34. The van der Waals surface area contributed by atoms with Crippen molar-refractivity contribution in [3.05, 3.63) is 40.1 Å². The Morgan fingerprint density at radius 1 is 1.57 bits per heavy atom. The molecule has 0 bridgehead atoms. The normalized spacial score (nSPS) is 10.8. The van der Waals surface area contributed by atoms with E-state index in [0.717, 1.165) is 0 Å². The average molecular weight is 353 g/mol. The number of nitrogens with one attached hydrogen (secondary N) is 1. The molecule has 0 aliphatic rings. The van der Waals surface area contributed by atoms with Gasteiger partial charge in [-0.3, -0.25) is 9.48 Å². The van der Waals surface area contributed by atoms with Crippen LogP contribution in [0.5, 0.6) is 11.5 Å². The predicted molar refractivity (Wildman–Crippen MR) is 80.6 cm³/mol. The number of hydrogen-bond donors (Lipinski definition) is 2. The van der Waals surface area contributed by atoms with E-state index in [4.69, 9.17) is 4.74 Å². The molecule has 0 saturated heterocycles. The molecule has 2 aromatic rings. The molecule has 0 spiro atoms. The number of ether oxygens (including phenoxy) is 1. The highest BCUT2D eigenvalue weighted by molar-refractivity contribution is 9.10. The third-order valence-corrected chi connectivity index (χ3v) is 3.27. The second kappa shape index (κ2) is 6.40. The van der Waals surface area contributed by atoms with Gasteiger partial charge in [0, 0.05) is 13.2 Å². The number of amides is 1. The van der Waals surface area contributed by atoms with E-state index >= 15 is 0 Å². The van der Waals surface area contributed by atoms with Crippen LogP contribution < -0.4 is 10.2 Å². The van der Waals surface area contributed by atoms with Gasteiger partial charge in [-0.05, 0) is 39.7 Å². The molecule has 1 amide bonds. The summed E-state index contributed by atoms with van der Waals surface area (Å²) in [7, 11) is 3.12. The van der Waals surface area contributed by atoms with Gasteiger partial charge in [-0.2, -0.15) is 10.2 Å². The maximum atomic E-state index is 11.8. The standard InChI is InChI=1S/C13H13BrN4O3/c1-18-10(3-4-16-18)13(20)17-15-7-8-5-9(14)12(21-2)11(19)6-8/h3-7,19H,1-2H3,(H,17,20). The number of methoxy groups -OCH3 is 1. The molecule has 0 fully saturated rings. The summed E-state index contributed by atoms with van der Waals surface area (Å²) in [5.74, 6) is -0.0552. The van der Waals surface area contributed by atoms with Gasteiger partial charge in [0.1, 0.15) is 5.69 Å². The van der Waals surface area contributed by atoms with Gasteiger partial charge in [-0.1, -0.05) is 0 Å². The third-order valence-electron chi connectivity index (χ3n) is 2.68. The molecule has 0 aliphatic carbocycles. The minimum atomic E-state index is -0.372. The molecule has 0 saturated carbocycles. The first-order valence-electron chi connectivity index (χ1n) is 5.91. The summed E-state index contributed by atoms with van der Waals surface area (Å²) in [5.41, 5.74) is 3.38. The van der Waals surface area contributed by atoms with Crippen LogP contribution in [-0.2, 0) is 7.05 Å². The van der Waals surface area contributed by atoms with E-state index in [0.29, 0.717) is 21.5 Å². The van der Waals surface area contributed by atoms with Gasteiger partial charge >= 0.3 is 0 Å². The number of aryl methyl sites for hydroxylation is 1. The number of nitrogens with zero attached hydrogens (tertiary/aromatic N) is 3. The van der Waals surface area contributed by atoms with Gasteiger partial charge < -0.3 is 9.84 Å². The molecular weight excluding hydrogens is 340 g/mol. The molecule has 2 N–H and O–H groups in total. The second-order valence-electron chi connectivity index (χ2n) is 4.09. The molecule has 21 heavy (non-hydrogen) atoms. The Morgan fingerprint density at radius 2 is 2.33 bits per heavy atom. The smallest absolute Gasteiger partial charge is 0.289 e. The van der Waals surface area contributed by atoms with Gasteiger partial charge in [0.2, 0.25) is 0 Å². The molecule has 110 valence electrons. The zero-order valence-corrected chi connectivity index (χ0v) is 13.0. The lowest BCUT2D eigenvalue weighted by atomic mass is 10.2. The summed E-state index contributed by atoms with van der Waals surface area (Å²) < 4.78 is 7.05. The lowest BCUT2D eigenvalue weighted by Crippen LogP contribution is -2.20. The maximum Gasteiger partial charge on any atom is 0.289 e. The molecule has 2 rings (SSSR count). The Labute approximate surface area is 129 Å². The van der Waals surface area contributed by atoms with Crippen LogP contribution in [-0.4, -0.2) is 34.1 Å². The van der Waals surface area contributed by atoms with Crippen LogP contribution in [0.1, 0.15) is 16.1 Å². The van der Waals surface area contributed by atoms with Crippen molar-refractivity contribution in [2.75, 3.05) is 7.11 Å². The fraction of sp³-hybridized carbons (Fsp3) is 0.154. The number of benzene rings is 1. The van der Waals surface area contributed by atoms with Crippen molar-refractivity contribution in [1.29, 1.82) is 0 Å². The number of hydrazone groups is 1. The Morgan fingerprint density at radius 3 is 2.90 bits per heavy atom. The topological polar surface area (TPSA) is 88.7 Å². The van der Waals surface area contributed by atoms with Crippen LogP contribution in [0, 0.1) is 0 Å². The molecule has 0 unspecified atom stereocenters. The van der Waals surface area contributed by atoms with Gasteiger partial charge in [0.25, 0.3) is 5.91 Å². The second-order valence-corrected chi connectivity index (χ2v) is 4.95. The van der Waals surface area contributed by atoms with E-state index in [1.54, 1.807) is 19.2 Å². The molecule has 1 heterocycles. The molecule has 1 aromatic heterocycles. The number of carbonyl (C=O) groups excluding carboxylic acids is 1. The Kier molecular flexibility index (Phi) is 4.59. The van der Waals surface area contributed by atoms with Crippen molar-refractivity contribution >= 4 is 28.1 Å². The SMILES string of the molecule is COc1c(O)cc(C=NNC(=O)c2ccnn2C)cc1Br. The molecule has 0 aliphatic heterocycles. The minimum Gasteiger partial charge on any atom is -0.504 e. The summed E-state index contributed by atoms with van der Waals surface area (Å²) in [4.78, 5) is 11.8. The van der Waals surface area contributed by atoms with Crippen LogP contribution in [0.3, 0.4) is 0 Å².